The van der Waals surface area contributed by atoms with Crippen molar-refractivity contribution in [3.05, 3.63) is 35.9 Å². The van der Waals surface area contributed by atoms with E-state index in [1.54, 1.807) is 6.92 Å². The molecule has 1 aromatic rings. The van der Waals surface area contributed by atoms with Crippen molar-refractivity contribution in [3.8, 4) is 0 Å². The summed E-state index contributed by atoms with van der Waals surface area (Å²) in [6.07, 6.45) is -0.00109. The second-order valence-corrected chi connectivity index (χ2v) is 7.62. The second-order valence-electron chi connectivity index (χ2n) is 6.80. The predicted octanol–water partition coefficient (Wildman–Crippen LogP) is 3.14. The van der Waals surface area contributed by atoms with E-state index in [4.69, 9.17) is 4.74 Å². The van der Waals surface area contributed by atoms with Gasteiger partial charge in [0.25, 0.3) is 0 Å². The van der Waals surface area contributed by atoms with Gasteiger partial charge in [0.2, 0.25) is 5.91 Å². The number of carbonyl (C=O) groups excluding carboxylic acids is 1. The van der Waals surface area contributed by atoms with E-state index in [-0.39, 0.29) is 17.1 Å². The molecule has 25 heavy (non-hydrogen) atoms. The molecule has 140 valence electrons. The van der Waals surface area contributed by atoms with E-state index >= 15 is 0 Å². The van der Waals surface area contributed by atoms with Crippen molar-refractivity contribution < 1.29 is 19.4 Å². The molecule has 0 radical (unpaired) electrons. The van der Waals surface area contributed by atoms with E-state index in [1.165, 1.54) is 0 Å². The lowest BCUT2D eigenvalue weighted by molar-refractivity contribution is -0.147. The molecule has 0 aromatic heterocycles. The zero-order chi connectivity index (χ0) is 19.0. The Kier molecular flexibility index (Phi) is 9.00. The molecule has 5 nitrogen and oxygen atoms in total. The Hall–Kier alpha value is -1.53. The maximum atomic E-state index is 12.5. The van der Waals surface area contributed by atoms with E-state index < -0.39 is 18.1 Å². The summed E-state index contributed by atoms with van der Waals surface area (Å²) < 4.78 is 5.66. The lowest BCUT2D eigenvalue weighted by Gasteiger charge is -2.26. The minimum atomic E-state index is -1.11. The zero-order valence-electron chi connectivity index (χ0n) is 15.3. The van der Waals surface area contributed by atoms with Gasteiger partial charge in [0.15, 0.2) is 6.04 Å². The molecule has 0 heterocycles. The number of rotatable bonds is 10. The molecule has 3 unspecified atom stereocenters. The SMILES string of the molecule is CC(C)CC(C(=O)N[C@H](C(=O)O)C(C)OCc1ccccc1)C(C)S. The standard InChI is InChI=1S/C19H29NO4S/c1-12(2)10-16(14(4)25)18(21)20-17(19(22)23)13(3)24-11-15-8-6-5-7-9-15/h5-9,12-14,16-17,25H,10-11H2,1-4H3,(H,20,21)(H,22,23)/t13?,14?,16?,17-/m0/s1. The number of nitrogens with one attached hydrogen (secondary N) is 1. The van der Waals surface area contributed by atoms with Gasteiger partial charge in [0.1, 0.15) is 0 Å². The number of carbonyl (C=O) groups is 2. The summed E-state index contributed by atoms with van der Waals surface area (Å²) in [5, 5.41) is 11.9. The number of carboxylic acids is 1. The summed E-state index contributed by atoms with van der Waals surface area (Å²) in [4.78, 5) is 24.1. The molecule has 4 atom stereocenters. The van der Waals surface area contributed by atoms with Gasteiger partial charge in [-0.05, 0) is 24.8 Å². The smallest absolute Gasteiger partial charge is 0.328 e. The van der Waals surface area contributed by atoms with E-state index in [2.05, 4.69) is 17.9 Å². The second kappa shape index (κ2) is 10.5. The van der Waals surface area contributed by atoms with Crippen LogP contribution in [-0.4, -0.2) is 34.4 Å². The van der Waals surface area contributed by atoms with Gasteiger partial charge in [-0.3, -0.25) is 4.79 Å². The first-order valence-corrected chi connectivity index (χ1v) is 9.10. The normalized spacial score (nSPS) is 16.1. The molecule has 6 heteroatoms. The lowest BCUT2D eigenvalue weighted by Crippen LogP contribution is -2.51. The van der Waals surface area contributed by atoms with Crippen molar-refractivity contribution >= 4 is 24.5 Å². The predicted molar refractivity (Wildman–Crippen MR) is 102 cm³/mol. The first kappa shape index (κ1) is 21.5. The minimum absolute atomic E-state index is 0.155. The summed E-state index contributed by atoms with van der Waals surface area (Å²) in [5.41, 5.74) is 0.950. The van der Waals surface area contributed by atoms with Gasteiger partial charge in [0, 0.05) is 11.2 Å². The maximum Gasteiger partial charge on any atom is 0.328 e. The molecule has 0 spiro atoms. The zero-order valence-corrected chi connectivity index (χ0v) is 16.2. The van der Waals surface area contributed by atoms with Crippen LogP contribution in [0.1, 0.15) is 39.7 Å². The van der Waals surface area contributed by atoms with Crippen LogP contribution in [0.25, 0.3) is 0 Å². The summed E-state index contributed by atoms with van der Waals surface area (Å²) >= 11 is 4.38. The third-order valence-corrected chi connectivity index (χ3v) is 4.39. The maximum absolute atomic E-state index is 12.5. The largest absolute Gasteiger partial charge is 0.480 e. The van der Waals surface area contributed by atoms with Crippen LogP contribution in [0.15, 0.2) is 30.3 Å². The first-order valence-electron chi connectivity index (χ1n) is 8.59. The van der Waals surface area contributed by atoms with E-state index in [9.17, 15) is 14.7 Å². The fourth-order valence-electron chi connectivity index (χ4n) is 2.57. The van der Waals surface area contributed by atoms with E-state index in [0.29, 0.717) is 18.9 Å². The Morgan fingerprint density at radius 2 is 1.76 bits per heavy atom. The van der Waals surface area contributed by atoms with Crippen LogP contribution in [0.4, 0.5) is 0 Å². The average molecular weight is 368 g/mol. The Morgan fingerprint density at radius 3 is 2.24 bits per heavy atom. The number of carboxylic acid groups (broad SMARTS) is 1. The molecule has 0 bridgehead atoms. The molecule has 1 amide bonds. The highest BCUT2D eigenvalue weighted by Crippen LogP contribution is 2.20. The summed E-state index contributed by atoms with van der Waals surface area (Å²) in [5.74, 6) is -1.42. The number of aliphatic carboxylic acids is 1. The van der Waals surface area contributed by atoms with Gasteiger partial charge in [-0.1, -0.05) is 51.1 Å². The minimum Gasteiger partial charge on any atom is -0.480 e. The number of amides is 1. The van der Waals surface area contributed by atoms with Gasteiger partial charge in [-0.25, -0.2) is 4.79 Å². The van der Waals surface area contributed by atoms with Crippen LogP contribution in [-0.2, 0) is 20.9 Å². The molecule has 1 aromatic carbocycles. The molecule has 0 saturated carbocycles. The highest BCUT2D eigenvalue weighted by Gasteiger charge is 2.31. The molecular formula is C19H29NO4S. The number of benzene rings is 1. The molecule has 0 saturated heterocycles. The Labute approximate surface area is 155 Å². The van der Waals surface area contributed by atoms with Crippen molar-refractivity contribution in [2.75, 3.05) is 0 Å². The Balaban J connectivity index is 2.71. The van der Waals surface area contributed by atoms with Crippen molar-refractivity contribution in [3.63, 3.8) is 0 Å². The van der Waals surface area contributed by atoms with Gasteiger partial charge in [-0.2, -0.15) is 12.6 Å². The Bertz CT molecular complexity index is 548. The summed E-state index contributed by atoms with van der Waals surface area (Å²) in [6.45, 7) is 7.85. The number of thiol groups is 1. The molecule has 0 aliphatic rings. The van der Waals surface area contributed by atoms with Crippen LogP contribution < -0.4 is 5.32 Å². The number of hydrogen-bond donors (Lipinski definition) is 3. The quantitative estimate of drug-likeness (QED) is 0.555. The monoisotopic (exact) mass is 367 g/mol. The fraction of sp³-hybridized carbons (Fsp3) is 0.579. The third kappa shape index (κ3) is 7.48. The molecule has 0 aliphatic heterocycles. The fourth-order valence-corrected chi connectivity index (χ4v) is 2.83. The highest BCUT2D eigenvalue weighted by molar-refractivity contribution is 7.81. The molecule has 1 rings (SSSR count). The molecule has 0 aliphatic carbocycles. The van der Waals surface area contributed by atoms with Gasteiger partial charge >= 0.3 is 5.97 Å². The van der Waals surface area contributed by atoms with Crippen LogP contribution in [0.5, 0.6) is 0 Å². The summed E-state index contributed by atoms with van der Waals surface area (Å²) in [7, 11) is 0. The van der Waals surface area contributed by atoms with E-state index in [0.717, 1.165) is 5.56 Å². The lowest BCUT2D eigenvalue weighted by atomic mass is 9.93. The molecular weight excluding hydrogens is 338 g/mol. The van der Waals surface area contributed by atoms with Crippen molar-refractivity contribution in [1.29, 1.82) is 0 Å². The van der Waals surface area contributed by atoms with Gasteiger partial charge < -0.3 is 15.2 Å². The van der Waals surface area contributed by atoms with E-state index in [1.807, 2.05) is 51.1 Å². The number of hydrogen-bond acceptors (Lipinski definition) is 4. The third-order valence-electron chi connectivity index (χ3n) is 4.03. The summed E-state index contributed by atoms with van der Waals surface area (Å²) in [6, 6.07) is 8.40. The van der Waals surface area contributed by atoms with Crippen LogP contribution >= 0.6 is 12.6 Å². The Morgan fingerprint density at radius 1 is 1.16 bits per heavy atom. The van der Waals surface area contributed by atoms with Crippen LogP contribution in [0.3, 0.4) is 0 Å². The number of ether oxygens (including phenoxy) is 1. The highest BCUT2D eigenvalue weighted by atomic mass is 32.1. The van der Waals surface area contributed by atoms with Crippen molar-refractivity contribution in [2.45, 2.75) is 58.1 Å². The molecule has 0 fully saturated rings. The van der Waals surface area contributed by atoms with Crippen molar-refractivity contribution in [2.24, 2.45) is 11.8 Å². The topological polar surface area (TPSA) is 75.6 Å². The van der Waals surface area contributed by atoms with Crippen LogP contribution in [0.2, 0.25) is 0 Å². The van der Waals surface area contributed by atoms with Gasteiger partial charge in [-0.15, -0.1) is 0 Å². The average Bonchev–Trinajstić information content (AvgIpc) is 2.55. The van der Waals surface area contributed by atoms with Gasteiger partial charge in [0.05, 0.1) is 12.7 Å². The molecule has 2 N–H and O–H groups in total. The van der Waals surface area contributed by atoms with Crippen molar-refractivity contribution in [1.82, 2.24) is 5.32 Å². The van der Waals surface area contributed by atoms with Crippen LogP contribution in [0, 0.1) is 11.8 Å². The first-order chi connectivity index (χ1) is 11.7.